The second-order valence-electron chi connectivity index (χ2n) is 7.61. The fourth-order valence-corrected chi connectivity index (χ4v) is 5.11. The molecule has 0 amide bonds. The van der Waals surface area contributed by atoms with E-state index in [4.69, 9.17) is 4.99 Å². The van der Waals surface area contributed by atoms with E-state index in [1.165, 1.54) is 41.2 Å². The van der Waals surface area contributed by atoms with Crippen LogP contribution in [0.2, 0.25) is 0 Å². The predicted octanol–water partition coefficient (Wildman–Crippen LogP) is 4.82. The maximum atomic E-state index is 4.99. The Labute approximate surface area is 169 Å². The number of rotatable bonds is 3. The molecule has 0 atom stereocenters. The lowest BCUT2D eigenvalue weighted by Crippen LogP contribution is -2.46. The number of hydrogen-bond acceptors (Lipinski definition) is 3. The number of aryl methyl sites for hydroxylation is 1. The first kappa shape index (κ1) is 17.3. The van der Waals surface area contributed by atoms with Crippen LogP contribution in [0.4, 0.5) is 11.4 Å². The van der Waals surface area contributed by atoms with Gasteiger partial charge >= 0.3 is 0 Å². The van der Waals surface area contributed by atoms with Gasteiger partial charge in [0, 0.05) is 48.6 Å². The lowest BCUT2D eigenvalue weighted by atomic mass is 9.98. The molecule has 27 heavy (non-hydrogen) atoms. The smallest absolute Gasteiger partial charge is 0.111 e. The van der Waals surface area contributed by atoms with Gasteiger partial charge < -0.3 is 9.47 Å². The third-order valence-electron chi connectivity index (χ3n) is 5.93. The number of benzene rings is 1. The summed E-state index contributed by atoms with van der Waals surface area (Å²) in [5.74, 6) is 0. The van der Waals surface area contributed by atoms with Gasteiger partial charge in [-0.15, -0.1) is 0 Å². The molecule has 0 N–H and O–H groups in total. The molecule has 1 aromatic carbocycles. The van der Waals surface area contributed by atoms with E-state index >= 15 is 0 Å². The van der Waals surface area contributed by atoms with Crippen molar-refractivity contribution in [2.75, 3.05) is 37.6 Å². The van der Waals surface area contributed by atoms with Gasteiger partial charge in [0.1, 0.15) is 5.69 Å². The van der Waals surface area contributed by atoms with E-state index in [0.717, 1.165) is 49.2 Å². The minimum atomic E-state index is 1.07. The van der Waals surface area contributed by atoms with Gasteiger partial charge in [0.25, 0.3) is 0 Å². The number of nitrogens with zero attached hydrogens (tertiary/aromatic N) is 4. The molecule has 140 valence electrons. The molecule has 0 bridgehead atoms. The number of piperazine rings is 1. The molecular weight excluding hydrogens is 400 g/mol. The van der Waals surface area contributed by atoms with E-state index < -0.39 is 0 Å². The Morgan fingerprint density at radius 1 is 1.11 bits per heavy atom. The normalized spacial score (nSPS) is 18.7. The highest BCUT2D eigenvalue weighted by Gasteiger charge is 2.26. The lowest BCUT2D eigenvalue weighted by Gasteiger charge is -2.36. The molecule has 1 aromatic heterocycles. The topological polar surface area (TPSA) is 23.8 Å². The summed E-state index contributed by atoms with van der Waals surface area (Å²) in [6.45, 7) is 7.86. The van der Waals surface area contributed by atoms with Crippen molar-refractivity contribution in [1.29, 1.82) is 0 Å². The largest absolute Gasteiger partial charge is 0.367 e. The third-order valence-corrected chi connectivity index (χ3v) is 6.57. The number of aliphatic imine (C=N–C) groups is 1. The zero-order valence-corrected chi connectivity index (χ0v) is 17.4. The first-order valence-corrected chi connectivity index (χ1v) is 10.8. The molecule has 3 heterocycles. The highest BCUT2D eigenvalue weighted by Crippen LogP contribution is 2.44. The number of anilines is 1. The van der Waals surface area contributed by atoms with Crippen LogP contribution in [0.1, 0.15) is 31.0 Å². The highest BCUT2D eigenvalue weighted by molar-refractivity contribution is 9.10. The summed E-state index contributed by atoms with van der Waals surface area (Å²) in [4.78, 5) is 10.1. The van der Waals surface area contributed by atoms with Crippen molar-refractivity contribution < 1.29 is 0 Å². The molecule has 0 spiro atoms. The summed E-state index contributed by atoms with van der Waals surface area (Å²) in [6.07, 6.45) is 10.1. The van der Waals surface area contributed by atoms with Crippen LogP contribution in [0.25, 0.3) is 11.3 Å². The molecule has 1 saturated heterocycles. The fraction of sp³-hybridized carbons (Fsp3) is 0.409. The number of fused-ring (bicyclic) bond motifs is 2. The molecule has 2 aromatic rings. The van der Waals surface area contributed by atoms with Gasteiger partial charge in [0.05, 0.1) is 17.1 Å². The van der Waals surface area contributed by atoms with Crippen molar-refractivity contribution in [3.8, 4) is 5.69 Å². The third kappa shape index (κ3) is 2.88. The highest BCUT2D eigenvalue weighted by atomic mass is 79.9. The maximum absolute atomic E-state index is 4.99. The Bertz CT molecular complexity index is 932. The van der Waals surface area contributed by atoms with Gasteiger partial charge in [-0.3, -0.25) is 9.89 Å². The molecule has 5 rings (SSSR count). The Kier molecular flexibility index (Phi) is 4.44. The van der Waals surface area contributed by atoms with Gasteiger partial charge in [-0.1, -0.05) is 13.0 Å². The van der Waals surface area contributed by atoms with Gasteiger partial charge in [-0.05, 0) is 65.5 Å². The van der Waals surface area contributed by atoms with E-state index in [2.05, 4.69) is 73.9 Å². The molecule has 1 aliphatic carbocycles. The number of allylic oxidation sites excluding steroid dienone is 2. The van der Waals surface area contributed by atoms with Crippen molar-refractivity contribution >= 4 is 39.1 Å². The molecule has 0 unspecified atom stereocenters. The van der Waals surface area contributed by atoms with E-state index in [0.29, 0.717) is 0 Å². The average molecular weight is 425 g/mol. The SMILES string of the molecule is CCCN1CCN(c2ccc(Br)c3c2N=CC2=CCCc4ccn-3c42)CC1. The minimum Gasteiger partial charge on any atom is -0.367 e. The van der Waals surface area contributed by atoms with E-state index in [1.54, 1.807) is 0 Å². The van der Waals surface area contributed by atoms with Gasteiger partial charge in [-0.25, -0.2) is 0 Å². The summed E-state index contributed by atoms with van der Waals surface area (Å²) in [7, 11) is 0. The fourth-order valence-electron chi connectivity index (χ4n) is 4.60. The van der Waals surface area contributed by atoms with Crippen molar-refractivity contribution in [2.24, 2.45) is 4.99 Å². The number of aromatic nitrogens is 1. The van der Waals surface area contributed by atoms with Crippen LogP contribution in [-0.2, 0) is 6.42 Å². The van der Waals surface area contributed by atoms with Crippen molar-refractivity contribution in [3.63, 3.8) is 0 Å². The van der Waals surface area contributed by atoms with Crippen LogP contribution in [0, 0.1) is 0 Å². The number of halogens is 1. The second kappa shape index (κ2) is 6.95. The molecule has 1 fully saturated rings. The molecule has 0 radical (unpaired) electrons. The monoisotopic (exact) mass is 424 g/mol. The summed E-state index contributed by atoms with van der Waals surface area (Å²) in [5.41, 5.74) is 7.50. The molecule has 2 aliphatic heterocycles. The van der Waals surface area contributed by atoms with Crippen LogP contribution in [-0.4, -0.2) is 48.4 Å². The first-order valence-electron chi connectivity index (χ1n) is 10.0. The van der Waals surface area contributed by atoms with E-state index in [9.17, 15) is 0 Å². The zero-order valence-electron chi connectivity index (χ0n) is 15.8. The minimum absolute atomic E-state index is 1.07. The van der Waals surface area contributed by atoms with Gasteiger partial charge in [0.15, 0.2) is 0 Å². The number of hydrogen-bond donors (Lipinski definition) is 0. The van der Waals surface area contributed by atoms with Crippen LogP contribution < -0.4 is 4.90 Å². The predicted molar refractivity (Wildman–Crippen MR) is 117 cm³/mol. The summed E-state index contributed by atoms with van der Waals surface area (Å²) < 4.78 is 3.44. The molecule has 4 nitrogen and oxygen atoms in total. The molecule has 3 aliphatic rings. The first-order chi connectivity index (χ1) is 13.3. The maximum Gasteiger partial charge on any atom is 0.111 e. The summed E-state index contributed by atoms with van der Waals surface area (Å²) in [6, 6.07) is 6.69. The van der Waals surface area contributed by atoms with E-state index in [-0.39, 0.29) is 0 Å². The van der Waals surface area contributed by atoms with E-state index in [1.807, 2.05) is 0 Å². The Morgan fingerprint density at radius 3 is 2.78 bits per heavy atom. The summed E-state index contributed by atoms with van der Waals surface area (Å²) >= 11 is 3.80. The van der Waals surface area contributed by atoms with Crippen molar-refractivity contribution in [2.45, 2.75) is 26.2 Å². The standard InChI is InChI=1S/C22H25BrN4/c1-2-9-25-11-13-26(14-12-25)19-7-6-18(23)22-20(19)24-15-17-5-3-4-16-8-10-27(22)21(16)17/h5-8,10,15H,2-4,9,11-14H2,1H3. The Morgan fingerprint density at radius 2 is 1.96 bits per heavy atom. The second-order valence-corrected chi connectivity index (χ2v) is 8.46. The lowest BCUT2D eigenvalue weighted by molar-refractivity contribution is 0.258. The molecule has 5 heteroatoms. The Hall–Kier alpha value is -1.85. The van der Waals surface area contributed by atoms with Gasteiger partial charge in [0.2, 0.25) is 0 Å². The van der Waals surface area contributed by atoms with Crippen LogP contribution in [0.15, 0.2) is 39.9 Å². The van der Waals surface area contributed by atoms with Crippen LogP contribution in [0.3, 0.4) is 0 Å². The quantitative estimate of drug-likeness (QED) is 0.704. The average Bonchev–Trinajstić information content (AvgIpc) is 3.03. The van der Waals surface area contributed by atoms with Gasteiger partial charge in [-0.2, -0.15) is 0 Å². The van der Waals surface area contributed by atoms with Crippen molar-refractivity contribution in [3.05, 3.63) is 46.2 Å². The zero-order chi connectivity index (χ0) is 18.4. The Balaban J connectivity index is 1.59. The van der Waals surface area contributed by atoms with Crippen LogP contribution in [0.5, 0.6) is 0 Å². The summed E-state index contributed by atoms with van der Waals surface area (Å²) in [5, 5.41) is 0. The van der Waals surface area contributed by atoms with Crippen molar-refractivity contribution in [1.82, 2.24) is 9.47 Å². The molecular formula is C22H25BrN4. The van der Waals surface area contributed by atoms with Crippen LogP contribution >= 0.6 is 15.9 Å². The molecule has 0 saturated carbocycles.